The Morgan fingerprint density at radius 3 is 2.05 bits per heavy atom. The Bertz CT molecular complexity index is 2670. The van der Waals surface area contributed by atoms with Crippen LogP contribution in [0.25, 0.3) is 44.2 Å². The molecule has 0 N–H and O–H groups in total. The van der Waals surface area contributed by atoms with Gasteiger partial charge in [-0.05, 0) is 106 Å². The molecule has 0 saturated carbocycles. The maximum absolute atomic E-state index is 7.19. The second-order valence-electron chi connectivity index (χ2n) is 16.8. The number of benzene rings is 7. The van der Waals surface area contributed by atoms with Crippen LogP contribution in [-0.2, 0) is 5.41 Å². The molecule has 0 spiro atoms. The molecule has 1 aliphatic heterocycles. The van der Waals surface area contributed by atoms with E-state index in [1.54, 1.807) is 0 Å². The van der Waals surface area contributed by atoms with Crippen LogP contribution in [0.15, 0.2) is 176 Å². The minimum atomic E-state index is -0.208. The summed E-state index contributed by atoms with van der Waals surface area (Å²) in [6, 6.07) is 56.2. The van der Waals surface area contributed by atoms with Crippen molar-refractivity contribution in [2.24, 2.45) is 0 Å². The predicted octanol–water partition coefficient (Wildman–Crippen LogP) is 14.6. The third-order valence-electron chi connectivity index (χ3n) is 13.0. The minimum absolute atomic E-state index is 0.0228. The molecule has 4 atom stereocenters. The first-order valence-electron chi connectivity index (χ1n) is 20.7. The zero-order valence-electron chi connectivity index (χ0n) is 33.3. The van der Waals surface area contributed by atoms with Gasteiger partial charge in [0.2, 0.25) is 0 Å². The summed E-state index contributed by atoms with van der Waals surface area (Å²) in [6.07, 6.45) is 10.9. The number of allylic oxidation sites excluding steroid dienone is 4. The van der Waals surface area contributed by atoms with Crippen LogP contribution in [0.4, 0.5) is 11.4 Å². The molecule has 2 aliphatic carbocycles. The summed E-state index contributed by atoms with van der Waals surface area (Å²) in [4.78, 5) is 2.57. The van der Waals surface area contributed by atoms with Crippen molar-refractivity contribution >= 4 is 22.1 Å². The fourth-order valence-corrected chi connectivity index (χ4v) is 10.4. The maximum Gasteiger partial charge on any atom is 0.132 e. The second kappa shape index (κ2) is 14.1. The molecule has 0 fully saturated rings. The number of hydrogen-bond donors (Lipinski definition) is 0. The van der Waals surface area contributed by atoms with E-state index in [4.69, 9.17) is 4.74 Å². The number of hydrogen-bond acceptors (Lipinski definition) is 2. The van der Waals surface area contributed by atoms with E-state index >= 15 is 0 Å². The molecule has 10 rings (SSSR count). The highest BCUT2D eigenvalue weighted by atomic mass is 16.5. The van der Waals surface area contributed by atoms with Crippen molar-refractivity contribution in [3.05, 3.63) is 198 Å². The molecule has 57 heavy (non-hydrogen) atoms. The van der Waals surface area contributed by atoms with Crippen molar-refractivity contribution in [2.75, 3.05) is 4.90 Å². The van der Waals surface area contributed by atoms with E-state index in [9.17, 15) is 0 Å². The summed E-state index contributed by atoms with van der Waals surface area (Å²) in [7, 11) is 0. The van der Waals surface area contributed by atoms with E-state index in [-0.39, 0.29) is 23.5 Å². The zero-order valence-corrected chi connectivity index (χ0v) is 33.3. The van der Waals surface area contributed by atoms with Gasteiger partial charge >= 0.3 is 0 Å². The lowest BCUT2D eigenvalue weighted by Gasteiger charge is -2.34. The third-order valence-corrected chi connectivity index (χ3v) is 13.0. The van der Waals surface area contributed by atoms with Gasteiger partial charge in [0.25, 0.3) is 0 Å². The lowest BCUT2D eigenvalue weighted by Crippen LogP contribution is -2.32. The first-order chi connectivity index (χ1) is 27.9. The fourth-order valence-electron chi connectivity index (χ4n) is 10.4. The molecule has 7 aromatic rings. The van der Waals surface area contributed by atoms with Gasteiger partial charge in [-0.1, -0.05) is 166 Å². The first-order valence-corrected chi connectivity index (χ1v) is 20.7. The van der Waals surface area contributed by atoms with Crippen molar-refractivity contribution < 1.29 is 4.74 Å². The molecule has 280 valence electrons. The van der Waals surface area contributed by atoms with E-state index in [2.05, 4.69) is 209 Å². The highest BCUT2D eigenvalue weighted by molar-refractivity contribution is 6.05. The molecular formula is C55H49NO. The largest absolute Gasteiger partial charge is 0.489 e. The van der Waals surface area contributed by atoms with Gasteiger partial charge in [-0.25, -0.2) is 0 Å². The third kappa shape index (κ3) is 5.93. The molecule has 0 saturated heterocycles. The topological polar surface area (TPSA) is 12.5 Å². The molecule has 2 nitrogen and oxygen atoms in total. The summed E-state index contributed by atoms with van der Waals surface area (Å²) in [6.45, 7) is 9.53. The van der Waals surface area contributed by atoms with Crippen LogP contribution in [-0.4, -0.2) is 12.1 Å². The number of anilines is 2. The standard InChI is InChI=1S/C55H49NO/c1-36(56(43-32-30-40(31-33-43)38-18-8-5-9-19-38)44-25-16-24-42(35-44)39-20-10-6-11-21-39)34-49-37(2)57-54-50(49)46-26-14-15-27-47(46)53-51(54)48-29-17-28-45(52(48)55(53,3)4)41-22-12-7-13-23-41/h5-20,22-33,35-37,39,49H,21,34H2,1-4H3. The SMILES string of the molecule is CC1Oc2c3c(c4ccccc4c2C1CC(C)N(c1ccc(-c2ccccc2)cc1)c1cccc(C2C=CC=CC2)c1)C(C)(C)c1c(-c2ccccc2)cccc1-3. The van der Waals surface area contributed by atoms with Crippen LogP contribution >= 0.6 is 0 Å². The lowest BCUT2D eigenvalue weighted by molar-refractivity contribution is 0.218. The Kier molecular flexibility index (Phi) is 8.74. The molecule has 0 amide bonds. The Hall–Kier alpha value is -6.12. The molecule has 7 aromatic carbocycles. The Balaban J connectivity index is 1.09. The highest BCUT2D eigenvalue weighted by Gasteiger charge is 2.46. The summed E-state index contributed by atoms with van der Waals surface area (Å²) in [5.41, 5.74) is 15.3. The Morgan fingerprint density at radius 2 is 1.32 bits per heavy atom. The van der Waals surface area contributed by atoms with Crippen LogP contribution in [0, 0.1) is 0 Å². The lowest BCUT2D eigenvalue weighted by atomic mass is 9.76. The van der Waals surface area contributed by atoms with Crippen LogP contribution in [0.5, 0.6) is 5.75 Å². The van der Waals surface area contributed by atoms with Crippen molar-refractivity contribution in [1.29, 1.82) is 0 Å². The van der Waals surface area contributed by atoms with Gasteiger partial charge in [-0.15, -0.1) is 0 Å². The van der Waals surface area contributed by atoms with Crippen molar-refractivity contribution in [1.82, 2.24) is 0 Å². The summed E-state index contributed by atoms with van der Waals surface area (Å²) >= 11 is 0. The molecule has 0 bridgehead atoms. The summed E-state index contributed by atoms with van der Waals surface area (Å²) in [5.74, 6) is 1.67. The van der Waals surface area contributed by atoms with Crippen molar-refractivity contribution in [3.63, 3.8) is 0 Å². The van der Waals surface area contributed by atoms with Gasteiger partial charge in [0, 0.05) is 45.8 Å². The molecule has 4 unspecified atom stereocenters. The second-order valence-corrected chi connectivity index (χ2v) is 16.8. The van der Waals surface area contributed by atoms with Gasteiger partial charge in [-0.3, -0.25) is 0 Å². The van der Waals surface area contributed by atoms with Crippen LogP contribution < -0.4 is 9.64 Å². The molecule has 0 aromatic heterocycles. The molecular weight excluding hydrogens is 691 g/mol. The first kappa shape index (κ1) is 35.3. The molecule has 1 heterocycles. The number of nitrogens with zero attached hydrogens (tertiary/aromatic N) is 1. The highest BCUT2D eigenvalue weighted by Crippen LogP contribution is 2.61. The molecule has 3 aliphatic rings. The fraction of sp³-hybridized carbons (Fsp3) is 0.200. The van der Waals surface area contributed by atoms with Gasteiger partial charge < -0.3 is 9.64 Å². The monoisotopic (exact) mass is 739 g/mol. The molecule has 2 heteroatoms. The van der Waals surface area contributed by atoms with Gasteiger partial charge in [0.05, 0.1) is 0 Å². The number of fused-ring (bicyclic) bond motifs is 8. The predicted molar refractivity (Wildman–Crippen MR) is 240 cm³/mol. The molecule has 0 radical (unpaired) electrons. The van der Waals surface area contributed by atoms with Gasteiger partial charge in [-0.2, -0.15) is 0 Å². The van der Waals surface area contributed by atoms with E-state index in [1.807, 2.05) is 0 Å². The van der Waals surface area contributed by atoms with Crippen LogP contribution in [0.2, 0.25) is 0 Å². The van der Waals surface area contributed by atoms with Crippen LogP contribution in [0.3, 0.4) is 0 Å². The van der Waals surface area contributed by atoms with Crippen molar-refractivity contribution in [2.45, 2.75) is 69.9 Å². The van der Waals surface area contributed by atoms with Gasteiger partial charge in [0.1, 0.15) is 11.9 Å². The maximum atomic E-state index is 7.19. The van der Waals surface area contributed by atoms with Crippen LogP contribution in [0.1, 0.15) is 74.6 Å². The quantitative estimate of drug-likeness (QED) is 0.154. The average Bonchev–Trinajstić information content (AvgIpc) is 3.71. The normalized spacial score (nSPS) is 19.1. The number of rotatable bonds is 8. The minimum Gasteiger partial charge on any atom is -0.489 e. The Labute approximate surface area is 337 Å². The summed E-state index contributed by atoms with van der Waals surface area (Å²) < 4.78 is 7.19. The Morgan fingerprint density at radius 1 is 0.649 bits per heavy atom. The van der Waals surface area contributed by atoms with E-state index < -0.39 is 0 Å². The van der Waals surface area contributed by atoms with Crippen molar-refractivity contribution in [3.8, 4) is 39.1 Å². The number of ether oxygens (including phenoxy) is 1. The summed E-state index contributed by atoms with van der Waals surface area (Å²) in [5, 5.41) is 2.67. The van der Waals surface area contributed by atoms with E-state index in [0.29, 0.717) is 5.92 Å². The average molecular weight is 740 g/mol. The van der Waals surface area contributed by atoms with E-state index in [1.165, 1.54) is 77.8 Å². The zero-order chi connectivity index (χ0) is 38.7. The smallest absolute Gasteiger partial charge is 0.132 e. The van der Waals surface area contributed by atoms with Gasteiger partial charge in [0.15, 0.2) is 0 Å². The van der Waals surface area contributed by atoms with E-state index in [0.717, 1.165) is 18.6 Å².